The lowest BCUT2D eigenvalue weighted by Gasteiger charge is -2.39. The Morgan fingerprint density at radius 2 is 2.06 bits per heavy atom. The number of nitrogens with two attached hydrogens (primary N) is 1. The van der Waals surface area contributed by atoms with E-state index in [4.69, 9.17) is 15.7 Å². The number of amidine groups is 1. The van der Waals surface area contributed by atoms with Crippen molar-refractivity contribution in [1.29, 1.82) is 0 Å². The second-order valence-corrected chi connectivity index (χ2v) is 4.75. The number of oxime groups is 1. The van der Waals surface area contributed by atoms with Crippen LogP contribution in [0.15, 0.2) is 5.16 Å². The summed E-state index contributed by atoms with van der Waals surface area (Å²) in [6, 6.07) is 0. The van der Waals surface area contributed by atoms with Crippen molar-refractivity contribution in [2.24, 2.45) is 16.3 Å². The number of piperidine rings is 1. The van der Waals surface area contributed by atoms with Gasteiger partial charge in [-0.1, -0.05) is 12.1 Å². The maximum absolute atomic E-state index is 11.9. The van der Waals surface area contributed by atoms with Gasteiger partial charge >= 0.3 is 0 Å². The molecule has 0 radical (unpaired) electrons. The normalized spacial score (nSPS) is 22.3. The number of rotatable bonds is 3. The molecule has 0 aliphatic carbocycles. The summed E-state index contributed by atoms with van der Waals surface area (Å²) < 4.78 is 5.01. The topological polar surface area (TPSA) is 88.2 Å². The number of hydrogen-bond acceptors (Lipinski definition) is 4. The summed E-state index contributed by atoms with van der Waals surface area (Å²) in [5.41, 5.74) is 5.34. The van der Waals surface area contributed by atoms with Crippen LogP contribution in [0.5, 0.6) is 0 Å². The van der Waals surface area contributed by atoms with Crippen LogP contribution < -0.4 is 5.73 Å². The first kappa shape index (κ1) is 13.8. The summed E-state index contributed by atoms with van der Waals surface area (Å²) in [6.07, 6.45) is 0.985. The number of likely N-dealkylation sites (tertiary alicyclic amines) is 1. The molecule has 98 valence electrons. The van der Waals surface area contributed by atoms with Crippen LogP contribution in [0.3, 0.4) is 0 Å². The van der Waals surface area contributed by atoms with Crippen LogP contribution in [-0.2, 0) is 9.53 Å². The van der Waals surface area contributed by atoms with Crippen LogP contribution >= 0.6 is 0 Å². The molecule has 0 bridgehead atoms. The number of carbonyl (C=O) groups is 1. The molecule has 1 heterocycles. The van der Waals surface area contributed by atoms with E-state index in [9.17, 15) is 4.79 Å². The minimum atomic E-state index is -0.414. The van der Waals surface area contributed by atoms with E-state index in [2.05, 4.69) is 5.16 Å². The van der Waals surface area contributed by atoms with Gasteiger partial charge in [-0.15, -0.1) is 0 Å². The Morgan fingerprint density at radius 1 is 1.53 bits per heavy atom. The predicted octanol–water partition coefficient (Wildman–Crippen LogP) is 0.396. The Kier molecular flexibility index (Phi) is 4.34. The lowest BCUT2D eigenvalue weighted by Crippen LogP contribution is -2.49. The van der Waals surface area contributed by atoms with Gasteiger partial charge in [-0.3, -0.25) is 4.79 Å². The van der Waals surface area contributed by atoms with Gasteiger partial charge in [-0.05, 0) is 19.8 Å². The molecule has 17 heavy (non-hydrogen) atoms. The van der Waals surface area contributed by atoms with Gasteiger partial charge in [-0.25, -0.2) is 0 Å². The molecule has 1 fully saturated rings. The third-order valence-corrected chi connectivity index (χ3v) is 3.61. The van der Waals surface area contributed by atoms with E-state index in [-0.39, 0.29) is 17.2 Å². The van der Waals surface area contributed by atoms with E-state index in [1.807, 2.05) is 6.92 Å². The highest BCUT2D eigenvalue weighted by Gasteiger charge is 2.36. The van der Waals surface area contributed by atoms with Gasteiger partial charge < -0.3 is 20.6 Å². The molecule has 6 nitrogen and oxygen atoms in total. The molecular weight excluding hydrogens is 222 g/mol. The fourth-order valence-corrected chi connectivity index (χ4v) is 1.96. The zero-order valence-corrected chi connectivity index (χ0v) is 10.6. The summed E-state index contributed by atoms with van der Waals surface area (Å²) in [5.74, 6) is 0.235. The van der Waals surface area contributed by atoms with Crippen molar-refractivity contribution in [3.05, 3.63) is 0 Å². The molecule has 0 aromatic heterocycles. The summed E-state index contributed by atoms with van der Waals surface area (Å²) in [4.78, 5) is 13.6. The molecule has 0 spiro atoms. The van der Waals surface area contributed by atoms with Crippen LogP contribution in [-0.4, -0.2) is 48.2 Å². The van der Waals surface area contributed by atoms with Gasteiger partial charge in [0.05, 0.1) is 0 Å². The first-order valence-electron chi connectivity index (χ1n) is 5.74. The quantitative estimate of drug-likeness (QED) is 0.325. The van der Waals surface area contributed by atoms with E-state index in [1.165, 1.54) is 7.11 Å². The third kappa shape index (κ3) is 2.88. The highest BCUT2D eigenvalue weighted by molar-refractivity contribution is 5.86. The molecule has 1 aliphatic rings. The minimum absolute atomic E-state index is 0.00550. The third-order valence-electron chi connectivity index (χ3n) is 3.61. The summed E-state index contributed by atoms with van der Waals surface area (Å²) in [7, 11) is 1.52. The second kappa shape index (κ2) is 5.35. The molecule has 1 amide bonds. The van der Waals surface area contributed by atoms with Crippen molar-refractivity contribution in [2.45, 2.75) is 32.8 Å². The average molecular weight is 243 g/mol. The standard InChI is InChI=1S/C11H21N3O3/c1-8(17-3)9(15)14-6-4-11(2,5-7-14)10(12)13-16/h8,16H,4-7H2,1-3H3,(H2,12,13). The summed E-state index contributed by atoms with van der Waals surface area (Å²) >= 11 is 0. The predicted molar refractivity (Wildman–Crippen MR) is 63.8 cm³/mol. The molecule has 1 unspecified atom stereocenters. The van der Waals surface area contributed by atoms with Crippen molar-refractivity contribution in [1.82, 2.24) is 4.90 Å². The zero-order chi connectivity index (χ0) is 13.1. The van der Waals surface area contributed by atoms with Crippen molar-refractivity contribution in [3.8, 4) is 0 Å². The number of methoxy groups -OCH3 is 1. The largest absolute Gasteiger partial charge is 0.409 e. The van der Waals surface area contributed by atoms with E-state index >= 15 is 0 Å². The first-order chi connectivity index (χ1) is 7.94. The smallest absolute Gasteiger partial charge is 0.251 e. The number of amides is 1. The minimum Gasteiger partial charge on any atom is -0.409 e. The molecular formula is C11H21N3O3. The molecule has 0 aromatic rings. The van der Waals surface area contributed by atoms with Gasteiger partial charge in [-0.2, -0.15) is 0 Å². The Morgan fingerprint density at radius 3 is 2.47 bits per heavy atom. The fraction of sp³-hybridized carbons (Fsp3) is 0.818. The maximum atomic E-state index is 11.9. The first-order valence-corrected chi connectivity index (χ1v) is 5.74. The second-order valence-electron chi connectivity index (χ2n) is 4.75. The molecule has 6 heteroatoms. The Labute approximate surface area is 101 Å². The van der Waals surface area contributed by atoms with Crippen molar-refractivity contribution >= 4 is 11.7 Å². The van der Waals surface area contributed by atoms with Gasteiger partial charge in [0.25, 0.3) is 5.91 Å². The average Bonchev–Trinajstić information content (AvgIpc) is 2.36. The Balaban J connectivity index is 2.60. The van der Waals surface area contributed by atoms with E-state index in [0.29, 0.717) is 25.9 Å². The van der Waals surface area contributed by atoms with Gasteiger partial charge in [0.15, 0.2) is 0 Å². The van der Waals surface area contributed by atoms with Crippen LogP contribution in [0.2, 0.25) is 0 Å². The van der Waals surface area contributed by atoms with Crippen molar-refractivity contribution < 1.29 is 14.7 Å². The molecule has 1 saturated heterocycles. The van der Waals surface area contributed by atoms with E-state index < -0.39 is 6.10 Å². The number of carbonyl (C=O) groups excluding carboxylic acids is 1. The highest BCUT2D eigenvalue weighted by Crippen LogP contribution is 2.31. The molecule has 1 rings (SSSR count). The van der Waals surface area contributed by atoms with Crippen LogP contribution in [0.1, 0.15) is 26.7 Å². The number of nitrogens with zero attached hydrogens (tertiary/aromatic N) is 2. The lowest BCUT2D eigenvalue weighted by atomic mass is 9.79. The number of hydrogen-bond donors (Lipinski definition) is 2. The van der Waals surface area contributed by atoms with Crippen LogP contribution in [0.25, 0.3) is 0 Å². The lowest BCUT2D eigenvalue weighted by molar-refractivity contribution is -0.142. The Bertz CT molecular complexity index is 309. The monoisotopic (exact) mass is 243 g/mol. The molecule has 1 atom stereocenters. The molecule has 3 N–H and O–H groups in total. The van der Waals surface area contributed by atoms with Crippen molar-refractivity contribution in [3.63, 3.8) is 0 Å². The van der Waals surface area contributed by atoms with Gasteiger partial charge in [0, 0.05) is 25.6 Å². The van der Waals surface area contributed by atoms with Gasteiger partial charge in [0.2, 0.25) is 0 Å². The zero-order valence-electron chi connectivity index (χ0n) is 10.6. The van der Waals surface area contributed by atoms with Crippen LogP contribution in [0, 0.1) is 5.41 Å². The van der Waals surface area contributed by atoms with Crippen LogP contribution in [0.4, 0.5) is 0 Å². The number of ether oxygens (including phenoxy) is 1. The fourth-order valence-electron chi connectivity index (χ4n) is 1.96. The molecule has 1 aliphatic heterocycles. The Hall–Kier alpha value is -1.30. The molecule has 0 aromatic carbocycles. The van der Waals surface area contributed by atoms with E-state index in [0.717, 1.165) is 0 Å². The van der Waals surface area contributed by atoms with Gasteiger partial charge in [0.1, 0.15) is 11.9 Å². The SMILES string of the molecule is COC(C)C(=O)N1CCC(C)(C(N)=NO)CC1. The highest BCUT2D eigenvalue weighted by atomic mass is 16.5. The van der Waals surface area contributed by atoms with Crippen molar-refractivity contribution in [2.75, 3.05) is 20.2 Å². The summed E-state index contributed by atoms with van der Waals surface area (Å²) in [6.45, 7) is 4.90. The van der Waals surface area contributed by atoms with E-state index in [1.54, 1.807) is 11.8 Å². The maximum Gasteiger partial charge on any atom is 0.251 e. The summed E-state index contributed by atoms with van der Waals surface area (Å²) in [5, 5.41) is 11.8. The molecule has 0 saturated carbocycles.